The van der Waals surface area contributed by atoms with Crippen molar-refractivity contribution in [2.75, 3.05) is 7.11 Å². The fraction of sp³-hybridized carbons (Fsp3) is 0.467. The lowest BCUT2D eigenvalue weighted by atomic mass is 10.1. The average molecular weight is 735 g/mol. The van der Waals surface area contributed by atoms with E-state index in [-0.39, 0.29) is 4.28 Å². The van der Waals surface area contributed by atoms with E-state index in [0.29, 0.717) is 5.16 Å². The van der Waals surface area contributed by atoms with E-state index in [2.05, 4.69) is 178 Å². The molecule has 0 bridgehead atoms. The van der Waals surface area contributed by atoms with Crippen LogP contribution in [0.5, 0.6) is 0 Å². The fourth-order valence-corrected chi connectivity index (χ4v) is 60.4. The highest BCUT2D eigenvalue weighted by Crippen LogP contribution is 2.81. The largest absolute Gasteiger partial charge is 0.411 e. The van der Waals surface area contributed by atoms with Crippen LogP contribution in [-0.2, 0) is 4.43 Å². The van der Waals surface area contributed by atoms with Crippen LogP contribution >= 0.6 is 0 Å². The number of rotatable bonds is 8. The van der Waals surface area contributed by atoms with E-state index in [9.17, 15) is 0 Å². The van der Waals surface area contributed by atoms with Gasteiger partial charge in [-0.25, -0.2) is 0 Å². The Kier molecular flexibility index (Phi) is 9.88. The van der Waals surface area contributed by atoms with Crippen LogP contribution in [0.15, 0.2) is 48.5 Å². The molecule has 1 heterocycles. The van der Waals surface area contributed by atoms with E-state index >= 15 is 0 Å². The van der Waals surface area contributed by atoms with Crippen LogP contribution in [0.2, 0.25) is 48.7 Å². The molecule has 1 saturated heterocycles. The Morgan fingerprint density at radius 3 is 0.900 bits per heavy atom. The van der Waals surface area contributed by atoms with Crippen LogP contribution < -0.4 is 20.7 Å². The lowest BCUT2D eigenvalue weighted by molar-refractivity contribution is 0.413. The molecule has 1 aliphatic heterocycles. The van der Waals surface area contributed by atoms with Gasteiger partial charge in [-0.15, -0.1) is 0 Å². The monoisotopic (exact) mass is 734 g/mol. The summed E-state index contributed by atoms with van der Waals surface area (Å²) in [6, 6.07) is 19.9. The lowest BCUT2D eigenvalue weighted by Crippen LogP contribution is -2.68. The van der Waals surface area contributed by atoms with E-state index in [1.54, 1.807) is 20.7 Å². The summed E-state index contributed by atoms with van der Waals surface area (Å²) < 4.78 is 8.03. The van der Waals surface area contributed by atoms with Gasteiger partial charge in [0.05, 0.1) is 0 Å². The molecule has 0 aromatic heterocycles. The van der Waals surface area contributed by atoms with Gasteiger partial charge in [0.25, 0.3) is 8.32 Å². The Morgan fingerprint density at radius 2 is 0.680 bits per heavy atom. The Hall–Kier alpha value is -2.29. The maximum absolute atomic E-state index is 7.81. The zero-order valence-electron chi connectivity index (χ0n) is 35.1. The SMILES string of the molecule is CO[Si](c1c(C)cc(C)cc1C)(c1c(C)cc(C)cc1C)C1C([Si](C)(C)C)([Si](C)(C)C)[Si]1(c1c(C)cc(C)cc1C)c1c(C)cc(C)cc1C. The molecule has 50 heavy (non-hydrogen) atoms. The van der Waals surface area contributed by atoms with Crippen LogP contribution in [0.1, 0.15) is 66.8 Å². The highest BCUT2D eigenvalue weighted by Gasteiger charge is 2.92. The van der Waals surface area contributed by atoms with Gasteiger partial charge in [-0.2, -0.15) is 0 Å². The van der Waals surface area contributed by atoms with Gasteiger partial charge in [0.1, 0.15) is 8.07 Å². The summed E-state index contributed by atoms with van der Waals surface area (Å²) in [4.78, 5) is 0. The lowest BCUT2D eigenvalue weighted by Gasteiger charge is -2.47. The molecule has 5 rings (SSSR count). The second-order valence-electron chi connectivity index (χ2n) is 18.6. The molecule has 0 radical (unpaired) electrons. The van der Waals surface area contributed by atoms with Crippen molar-refractivity contribution in [2.24, 2.45) is 0 Å². The summed E-state index contributed by atoms with van der Waals surface area (Å²) in [6.07, 6.45) is 0. The first-order chi connectivity index (χ1) is 23.0. The van der Waals surface area contributed by atoms with Crippen LogP contribution in [0.25, 0.3) is 0 Å². The minimum atomic E-state index is -3.06. The molecule has 1 aliphatic rings. The third-order valence-corrected chi connectivity index (χ3v) is 44.0. The second-order valence-corrected chi connectivity index (χ2v) is 38.7. The molecule has 5 heteroatoms. The average Bonchev–Trinajstić information content (AvgIpc) is 3.56. The van der Waals surface area contributed by atoms with Crippen molar-refractivity contribution in [3.05, 3.63) is 115 Å². The van der Waals surface area contributed by atoms with Crippen molar-refractivity contribution in [3.8, 4) is 0 Å². The maximum Gasteiger partial charge on any atom is 0.257 e. The van der Waals surface area contributed by atoms with Gasteiger partial charge in [-0.05, 0) is 136 Å². The number of hydrogen-bond donors (Lipinski definition) is 0. The molecule has 0 amide bonds. The summed E-state index contributed by atoms with van der Waals surface area (Å²) >= 11 is 0. The Bertz CT molecular complexity index is 1780. The molecule has 0 N–H and O–H groups in total. The van der Waals surface area contributed by atoms with Gasteiger partial charge in [0.2, 0.25) is 0 Å². The molecule has 1 unspecified atom stereocenters. The van der Waals surface area contributed by atoms with E-state index in [1.807, 2.05) is 0 Å². The van der Waals surface area contributed by atoms with Gasteiger partial charge in [-0.3, -0.25) is 0 Å². The first-order valence-electron chi connectivity index (χ1n) is 18.8. The third-order valence-electron chi connectivity index (χ3n) is 12.7. The van der Waals surface area contributed by atoms with Crippen LogP contribution in [0.3, 0.4) is 0 Å². The fourth-order valence-electron chi connectivity index (χ4n) is 12.9. The topological polar surface area (TPSA) is 9.23 Å². The van der Waals surface area contributed by atoms with Crippen molar-refractivity contribution in [1.29, 1.82) is 0 Å². The predicted octanol–water partition coefficient (Wildman–Crippen LogP) is 9.78. The van der Waals surface area contributed by atoms with Gasteiger partial charge >= 0.3 is 0 Å². The highest BCUT2D eigenvalue weighted by atomic mass is 28.5. The Labute approximate surface area is 310 Å². The van der Waals surface area contributed by atoms with Crippen LogP contribution in [0.4, 0.5) is 0 Å². The predicted molar refractivity (Wildman–Crippen MR) is 233 cm³/mol. The van der Waals surface area contributed by atoms with Gasteiger partial charge < -0.3 is 4.43 Å². The standard InChI is InChI=1S/C45H66OSi4/c1-28-20-32(5)40(33(6)21-28)49(41-34(7)22-29(2)23-35(41)8)44(45(49,47(14,15)16)48(17,18)19)50(46-13,42-36(9)24-30(3)25-37(42)10)43-38(11)26-31(4)27-39(43)12/h20-27,44H,1-19H3. The maximum atomic E-state index is 7.81. The molecule has 1 atom stereocenters. The van der Waals surface area contributed by atoms with Crippen molar-refractivity contribution in [1.82, 2.24) is 0 Å². The Balaban J connectivity index is 2.24. The minimum Gasteiger partial charge on any atom is -0.411 e. The first-order valence-corrected chi connectivity index (χ1v) is 29.9. The van der Waals surface area contributed by atoms with Crippen molar-refractivity contribution < 1.29 is 4.43 Å². The zero-order valence-corrected chi connectivity index (χ0v) is 39.1. The number of aryl methyl sites for hydroxylation is 12. The molecule has 0 aliphatic carbocycles. The first kappa shape index (κ1) is 38.9. The van der Waals surface area contributed by atoms with Gasteiger partial charge in [0.15, 0.2) is 0 Å². The van der Waals surface area contributed by atoms with E-state index < -0.39 is 32.5 Å². The summed E-state index contributed by atoms with van der Waals surface area (Å²) in [5, 5.41) is 7.00. The molecule has 0 saturated carbocycles. The van der Waals surface area contributed by atoms with Crippen molar-refractivity contribution in [3.63, 3.8) is 0 Å². The van der Waals surface area contributed by atoms with Crippen molar-refractivity contribution in [2.45, 2.75) is 132 Å². The number of benzene rings is 4. The van der Waals surface area contributed by atoms with E-state index in [4.69, 9.17) is 4.43 Å². The van der Waals surface area contributed by atoms with Gasteiger partial charge in [-0.1, -0.05) is 132 Å². The molecule has 4 aromatic rings. The molecule has 268 valence electrons. The zero-order chi connectivity index (χ0) is 37.7. The smallest absolute Gasteiger partial charge is 0.257 e. The second kappa shape index (κ2) is 12.7. The molecular formula is C45H66OSi4. The van der Waals surface area contributed by atoms with E-state index in [1.165, 1.54) is 66.8 Å². The summed E-state index contributed by atoms with van der Waals surface area (Å²) in [7, 11) is -7.61. The van der Waals surface area contributed by atoms with Crippen LogP contribution in [0, 0.1) is 83.1 Å². The molecule has 4 aromatic carbocycles. The Morgan fingerprint density at radius 1 is 0.440 bits per heavy atom. The number of hydrogen-bond acceptors (Lipinski definition) is 1. The normalized spacial score (nSPS) is 17.3. The molecule has 1 nitrogen and oxygen atoms in total. The van der Waals surface area contributed by atoms with Gasteiger partial charge in [0, 0.05) is 23.3 Å². The summed E-state index contributed by atoms with van der Waals surface area (Å²) in [5.41, 5.74) is 17.1. The third kappa shape index (κ3) is 5.27. The molecule has 0 spiro atoms. The molecule has 1 fully saturated rings. The summed E-state index contributed by atoms with van der Waals surface area (Å²) in [6.45, 7) is 45.1. The summed E-state index contributed by atoms with van der Waals surface area (Å²) in [5.74, 6) is 0. The minimum absolute atomic E-state index is 0.221. The van der Waals surface area contributed by atoms with Crippen molar-refractivity contribution >= 4 is 53.3 Å². The quantitative estimate of drug-likeness (QED) is 0.164. The highest BCUT2D eigenvalue weighted by molar-refractivity contribution is 7.41. The molecular weight excluding hydrogens is 669 g/mol. The van der Waals surface area contributed by atoms with Crippen LogP contribution in [-0.4, -0.2) is 39.6 Å². The van der Waals surface area contributed by atoms with E-state index in [0.717, 1.165) is 0 Å².